The highest BCUT2D eigenvalue weighted by atomic mass is 28.4. The van der Waals surface area contributed by atoms with Gasteiger partial charge in [-0.25, -0.2) is 19.4 Å². The molecule has 2 aromatic heterocycles. The number of aromatic nitrogens is 4. The van der Waals surface area contributed by atoms with Gasteiger partial charge in [0.2, 0.25) is 0 Å². The highest BCUT2D eigenvalue weighted by molar-refractivity contribution is 6.74. The van der Waals surface area contributed by atoms with Crippen molar-refractivity contribution in [3.8, 4) is 11.4 Å². The van der Waals surface area contributed by atoms with E-state index >= 15 is 0 Å². The molecule has 0 N–H and O–H groups in total. The Balaban J connectivity index is 1.59. The summed E-state index contributed by atoms with van der Waals surface area (Å²) in [6.45, 7) is 10.9. The molecule has 37 heavy (non-hydrogen) atoms. The number of hydrogen-bond acceptors (Lipinski definition) is 6. The van der Waals surface area contributed by atoms with Gasteiger partial charge in [-0.05, 0) is 43.1 Å². The lowest BCUT2D eigenvalue weighted by molar-refractivity contribution is -0.141. The monoisotopic (exact) mass is 536 g/mol. The number of amides is 3. The molecule has 0 radical (unpaired) electrons. The predicted molar refractivity (Wildman–Crippen MR) is 133 cm³/mol. The van der Waals surface area contributed by atoms with Crippen LogP contribution in [-0.4, -0.2) is 70.0 Å². The fourth-order valence-corrected chi connectivity index (χ4v) is 4.65. The summed E-state index contributed by atoms with van der Waals surface area (Å²) >= 11 is 0. The topological polar surface area (TPSA) is 93.5 Å². The van der Waals surface area contributed by atoms with Crippen LogP contribution in [0.2, 0.25) is 18.1 Å². The van der Waals surface area contributed by atoms with Crippen molar-refractivity contribution in [2.24, 2.45) is 0 Å². The first-order valence-electron chi connectivity index (χ1n) is 12.0. The largest absolute Gasteiger partial charge is 0.433 e. The molecule has 0 unspecified atom stereocenters. The minimum Gasteiger partial charge on any atom is -0.415 e. The Kier molecular flexibility index (Phi) is 6.82. The van der Waals surface area contributed by atoms with Gasteiger partial charge < -0.3 is 4.43 Å². The van der Waals surface area contributed by atoms with Gasteiger partial charge in [-0.3, -0.25) is 14.6 Å². The van der Waals surface area contributed by atoms with E-state index in [1.165, 1.54) is 29.2 Å². The highest BCUT2D eigenvalue weighted by Crippen LogP contribution is 2.42. The third-order valence-corrected chi connectivity index (χ3v) is 11.6. The number of imide groups is 1. The Bertz CT molecular complexity index is 1250. The standard InChI is InChI=1S/C24H31F3N6O3Si/c1-23(2,3)37(5,6)36-10-9-33-18(21(34)31(4)22(33)35)13-32-14-28-20(30-32)16-11-17(15-7-8-15)29-19(12-16)24(25,26)27/h11-15H,7-10H2,1-6H3/b18-13-. The van der Waals surface area contributed by atoms with Crippen molar-refractivity contribution in [1.29, 1.82) is 0 Å². The van der Waals surface area contributed by atoms with Gasteiger partial charge in [0, 0.05) is 24.2 Å². The molecular weight excluding hydrogens is 505 g/mol. The van der Waals surface area contributed by atoms with E-state index in [1.54, 1.807) is 6.07 Å². The van der Waals surface area contributed by atoms with Crippen molar-refractivity contribution in [2.45, 2.75) is 63.8 Å². The van der Waals surface area contributed by atoms with Crippen LogP contribution in [0.15, 0.2) is 24.2 Å². The van der Waals surface area contributed by atoms with Gasteiger partial charge in [-0.2, -0.15) is 13.2 Å². The number of alkyl halides is 3. The lowest BCUT2D eigenvalue weighted by Crippen LogP contribution is -2.43. The minimum absolute atomic E-state index is 0.00464. The zero-order chi connectivity index (χ0) is 27.3. The van der Waals surface area contributed by atoms with E-state index in [9.17, 15) is 22.8 Å². The van der Waals surface area contributed by atoms with Crippen LogP contribution in [0.5, 0.6) is 0 Å². The SMILES string of the molecule is CN1C(=O)/C(=C/n2cnc(-c3cc(C4CC4)nc(C(F)(F)F)c3)n2)N(CCO[Si](C)(C)C(C)(C)C)C1=O. The summed E-state index contributed by atoms with van der Waals surface area (Å²) in [4.78, 5) is 35.7. The highest BCUT2D eigenvalue weighted by Gasteiger charge is 2.41. The summed E-state index contributed by atoms with van der Waals surface area (Å²) < 4.78 is 47.6. The lowest BCUT2D eigenvalue weighted by Gasteiger charge is -2.36. The van der Waals surface area contributed by atoms with Gasteiger partial charge in [-0.1, -0.05) is 20.8 Å². The first-order chi connectivity index (χ1) is 17.1. The van der Waals surface area contributed by atoms with E-state index in [0.29, 0.717) is 5.69 Å². The number of likely N-dealkylation sites (N-methyl/N-ethyl adjacent to an activating group) is 1. The van der Waals surface area contributed by atoms with E-state index in [0.717, 1.165) is 23.8 Å². The number of hydrogen-bond donors (Lipinski definition) is 0. The average molecular weight is 537 g/mol. The molecule has 0 atom stereocenters. The van der Waals surface area contributed by atoms with Crippen LogP contribution in [-0.2, 0) is 15.4 Å². The van der Waals surface area contributed by atoms with Gasteiger partial charge in [0.15, 0.2) is 14.1 Å². The van der Waals surface area contributed by atoms with Crippen molar-refractivity contribution in [3.63, 3.8) is 0 Å². The molecule has 1 saturated carbocycles. The number of carbonyl (C=O) groups excluding carboxylic acids is 2. The first-order valence-corrected chi connectivity index (χ1v) is 15.0. The van der Waals surface area contributed by atoms with Gasteiger partial charge in [0.1, 0.15) is 17.7 Å². The summed E-state index contributed by atoms with van der Waals surface area (Å²) in [5.74, 6) is -0.455. The van der Waals surface area contributed by atoms with Crippen LogP contribution < -0.4 is 0 Å². The molecule has 1 aliphatic carbocycles. The van der Waals surface area contributed by atoms with Gasteiger partial charge in [0.05, 0.1) is 19.4 Å². The van der Waals surface area contributed by atoms with Crippen LogP contribution in [0.4, 0.5) is 18.0 Å². The quantitative estimate of drug-likeness (QED) is 0.282. The second kappa shape index (κ2) is 9.35. The molecule has 9 nitrogen and oxygen atoms in total. The molecule has 4 rings (SSSR count). The van der Waals surface area contributed by atoms with E-state index < -0.39 is 32.1 Å². The molecule has 3 amide bonds. The first kappa shape index (κ1) is 27.0. The van der Waals surface area contributed by atoms with Gasteiger partial charge >= 0.3 is 12.2 Å². The Hall–Kier alpha value is -3.06. The Morgan fingerprint density at radius 1 is 1.16 bits per heavy atom. The second-order valence-electron chi connectivity index (χ2n) is 10.9. The number of halogens is 3. The van der Waals surface area contributed by atoms with E-state index in [4.69, 9.17) is 4.43 Å². The molecule has 2 aliphatic rings. The average Bonchev–Trinajstić information content (AvgIpc) is 3.52. The summed E-state index contributed by atoms with van der Waals surface area (Å²) in [6.07, 6.45) is -0.382. The summed E-state index contributed by atoms with van der Waals surface area (Å²) in [5, 5.41) is 4.25. The zero-order valence-corrected chi connectivity index (χ0v) is 22.8. The van der Waals surface area contributed by atoms with Gasteiger partial charge in [-0.15, -0.1) is 5.10 Å². The lowest BCUT2D eigenvalue weighted by atomic mass is 10.1. The van der Waals surface area contributed by atoms with Crippen molar-refractivity contribution in [3.05, 3.63) is 35.5 Å². The Morgan fingerprint density at radius 2 is 1.84 bits per heavy atom. The molecule has 2 aromatic rings. The van der Waals surface area contributed by atoms with Crippen molar-refractivity contribution < 1.29 is 27.2 Å². The summed E-state index contributed by atoms with van der Waals surface area (Å²) in [6, 6.07) is 2.00. The molecule has 13 heteroatoms. The molecule has 1 aliphatic heterocycles. The number of urea groups is 1. The number of pyridine rings is 1. The number of carbonyl (C=O) groups is 2. The molecule has 0 bridgehead atoms. The fourth-order valence-electron chi connectivity index (χ4n) is 3.62. The van der Waals surface area contributed by atoms with E-state index in [-0.39, 0.29) is 41.2 Å². The van der Waals surface area contributed by atoms with Crippen molar-refractivity contribution in [1.82, 2.24) is 29.5 Å². The van der Waals surface area contributed by atoms with Crippen molar-refractivity contribution >= 4 is 26.5 Å². The maximum absolute atomic E-state index is 13.4. The molecule has 2 fully saturated rings. The summed E-state index contributed by atoms with van der Waals surface area (Å²) in [7, 11) is -0.675. The van der Waals surface area contributed by atoms with Crippen LogP contribution in [0, 0.1) is 0 Å². The molecule has 3 heterocycles. The normalized spacial score (nSPS) is 18.5. The van der Waals surface area contributed by atoms with E-state index in [1.807, 2.05) is 0 Å². The fraction of sp³-hybridized carbons (Fsp3) is 0.542. The Labute approximate surface area is 214 Å². The van der Waals surface area contributed by atoms with E-state index in [2.05, 4.69) is 48.9 Å². The third kappa shape index (κ3) is 5.61. The second-order valence-corrected chi connectivity index (χ2v) is 15.7. The molecule has 0 spiro atoms. The third-order valence-electron chi connectivity index (χ3n) is 7.07. The zero-order valence-electron chi connectivity index (χ0n) is 21.8. The Morgan fingerprint density at radius 3 is 2.43 bits per heavy atom. The summed E-state index contributed by atoms with van der Waals surface area (Å²) in [5.41, 5.74) is -0.363. The molecule has 200 valence electrons. The van der Waals surface area contributed by atoms with Crippen LogP contribution in [0.25, 0.3) is 17.6 Å². The molecule has 0 aromatic carbocycles. The van der Waals surface area contributed by atoms with Crippen LogP contribution in [0.3, 0.4) is 0 Å². The maximum atomic E-state index is 13.4. The predicted octanol–water partition coefficient (Wildman–Crippen LogP) is 4.95. The van der Waals surface area contributed by atoms with Crippen molar-refractivity contribution in [2.75, 3.05) is 20.2 Å². The number of rotatable bonds is 7. The molecule has 1 saturated heterocycles. The minimum atomic E-state index is -4.60. The smallest absolute Gasteiger partial charge is 0.415 e. The van der Waals surface area contributed by atoms with Crippen LogP contribution >= 0.6 is 0 Å². The van der Waals surface area contributed by atoms with Crippen LogP contribution in [0.1, 0.15) is 50.9 Å². The molecular formula is C24H31F3N6O3Si. The maximum Gasteiger partial charge on any atom is 0.433 e. The number of nitrogens with zero attached hydrogens (tertiary/aromatic N) is 6. The van der Waals surface area contributed by atoms with Gasteiger partial charge in [0.25, 0.3) is 5.91 Å².